The molecule has 21 heavy (non-hydrogen) atoms. The molecule has 0 heterocycles. The van der Waals surface area contributed by atoms with Crippen molar-refractivity contribution in [3.63, 3.8) is 0 Å². The Morgan fingerprint density at radius 2 is 1.95 bits per heavy atom. The van der Waals surface area contributed by atoms with Crippen molar-refractivity contribution in [3.05, 3.63) is 22.7 Å². The summed E-state index contributed by atoms with van der Waals surface area (Å²) in [5.74, 6) is 0.420. The van der Waals surface area contributed by atoms with Gasteiger partial charge in [0.25, 0.3) is 9.05 Å². The molecule has 1 amide bonds. The second-order valence-electron chi connectivity index (χ2n) is 5.34. The Morgan fingerprint density at radius 1 is 1.29 bits per heavy atom. The first-order valence-electron chi connectivity index (χ1n) is 6.90. The van der Waals surface area contributed by atoms with Crippen LogP contribution in [0.3, 0.4) is 0 Å². The number of amides is 1. The molecule has 0 radical (unpaired) electrons. The predicted octanol–water partition coefficient (Wildman–Crippen LogP) is 4.29. The third-order valence-corrected chi connectivity index (χ3v) is 5.70. The van der Waals surface area contributed by atoms with Crippen LogP contribution in [-0.2, 0) is 13.8 Å². The van der Waals surface area contributed by atoms with E-state index in [9.17, 15) is 13.2 Å². The van der Waals surface area contributed by atoms with Gasteiger partial charge in [-0.2, -0.15) is 0 Å². The van der Waals surface area contributed by atoms with Crippen LogP contribution in [0.25, 0.3) is 0 Å². The molecule has 4 nitrogen and oxygen atoms in total. The molecule has 2 rings (SSSR count). The summed E-state index contributed by atoms with van der Waals surface area (Å²) in [6.07, 6.45) is 6.39. The SMILES string of the molecule is O=C(CC1CCCCC1)Nc1ccc(S(=O)(=O)Cl)cc1Br. The molecule has 0 atom stereocenters. The van der Waals surface area contributed by atoms with Gasteiger partial charge in [-0.25, -0.2) is 8.42 Å². The Kier molecular flexibility index (Phi) is 5.68. The monoisotopic (exact) mass is 393 g/mol. The zero-order valence-electron chi connectivity index (χ0n) is 11.4. The van der Waals surface area contributed by atoms with Crippen LogP contribution in [0.4, 0.5) is 5.69 Å². The van der Waals surface area contributed by atoms with E-state index >= 15 is 0 Å². The Bertz CT molecular complexity index is 627. The number of nitrogens with one attached hydrogen (secondary N) is 1. The summed E-state index contributed by atoms with van der Waals surface area (Å²) < 4.78 is 23.0. The zero-order valence-corrected chi connectivity index (χ0v) is 14.6. The number of carbonyl (C=O) groups is 1. The predicted molar refractivity (Wildman–Crippen MR) is 87.0 cm³/mol. The van der Waals surface area contributed by atoms with Gasteiger partial charge >= 0.3 is 0 Å². The van der Waals surface area contributed by atoms with E-state index in [2.05, 4.69) is 21.2 Å². The molecular weight excluding hydrogens is 378 g/mol. The highest BCUT2D eigenvalue weighted by molar-refractivity contribution is 9.10. The maximum Gasteiger partial charge on any atom is 0.261 e. The summed E-state index contributed by atoms with van der Waals surface area (Å²) in [6, 6.07) is 4.31. The Hall–Kier alpha value is -0.590. The van der Waals surface area contributed by atoms with Crippen LogP contribution in [0.1, 0.15) is 38.5 Å². The molecule has 0 spiro atoms. The molecule has 1 fully saturated rings. The first-order valence-corrected chi connectivity index (χ1v) is 10.0. The molecule has 0 bridgehead atoms. The molecule has 1 aliphatic rings. The molecule has 116 valence electrons. The van der Waals surface area contributed by atoms with Crippen LogP contribution in [-0.4, -0.2) is 14.3 Å². The first-order chi connectivity index (χ1) is 9.86. The molecule has 1 saturated carbocycles. The lowest BCUT2D eigenvalue weighted by atomic mass is 9.87. The minimum absolute atomic E-state index is 0.00122. The van der Waals surface area contributed by atoms with Gasteiger partial charge in [0.05, 0.1) is 10.6 Å². The molecule has 7 heteroatoms. The Morgan fingerprint density at radius 3 is 2.52 bits per heavy atom. The standard InChI is InChI=1S/C14H17BrClNO3S/c15-12-9-11(21(16,19)20)6-7-13(12)17-14(18)8-10-4-2-1-3-5-10/h6-7,9-10H,1-5,8H2,(H,17,18). The Labute approximate surface area is 137 Å². The number of carbonyl (C=O) groups excluding carboxylic acids is 1. The second-order valence-corrected chi connectivity index (χ2v) is 8.76. The number of anilines is 1. The van der Waals surface area contributed by atoms with Gasteiger partial charge in [-0.1, -0.05) is 19.3 Å². The van der Waals surface area contributed by atoms with Crippen molar-refractivity contribution in [1.29, 1.82) is 0 Å². The largest absolute Gasteiger partial charge is 0.325 e. The van der Waals surface area contributed by atoms with Gasteiger partial charge in [0, 0.05) is 21.6 Å². The Balaban J connectivity index is 2.00. The van der Waals surface area contributed by atoms with Crippen molar-refractivity contribution in [2.24, 2.45) is 5.92 Å². The van der Waals surface area contributed by atoms with E-state index in [4.69, 9.17) is 10.7 Å². The highest BCUT2D eigenvalue weighted by Crippen LogP contribution is 2.29. The maximum absolute atomic E-state index is 12.0. The summed E-state index contributed by atoms with van der Waals surface area (Å²) in [5, 5.41) is 2.81. The normalized spacial score (nSPS) is 16.7. The van der Waals surface area contributed by atoms with Gasteiger partial charge in [0.1, 0.15) is 0 Å². The lowest BCUT2D eigenvalue weighted by Gasteiger charge is -2.21. The van der Waals surface area contributed by atoms with Crippen molar-refractivity contribution in [2.75, 3.05) is 5.32 Å². The van der Waals surface area contributed by atoms with Crippen LogP contribution in [0.5, 0.6) is 0 Å². The number of benzene rings is 1. The minimum atomic E-state index is -3.76. The third-order valence-electron chi connectivity index (χ3n) is 3.69. The number of halogens is 2. The minimum Gasteiger partial charge on any atom is -0.325 e. The van der Waals surface area contributed by atoms with E-state index < -0.39 is 9.05 Å². The van der Waals surface area contributed by atoms with Gasteiger partial charge in [-0.3, -0.25) is 4.79 Å². The molecular formula is C14H17BrClNO3S. The number of hydrogen-bond acceptors (Lipinski definition) is 3. The van der Waals surface area contributed by atoms with E-state index in [-0.39, 0.29) is 10.8 Å². The summed E-state index contributed by atoms with van der Waals surface area (Å²) >= 11 is 3.26. The van der Waals surface area contributed by atoms with Crippen molar-refractivity contribution < 1.29 is 13.2 Å². The smallest absolute Gasteiger partial charge is 0.261 e. The summed E-state index contributed by atoms with van der Waals surface area (Å²) in [6.45, 7) is 0. The van der Waals surface area contributed by atoms with Gasteiger partial charge < -0.3 is 5.32 Å². The fourth-order valence-corrected chi connectivity index (χ4v) is 4.01. The van der Waals surface area contributed by atoms with Crippen molar-refractivity contribution in [1.82, 2.24) is 0 Å². The quantitative estimate of drug-likeness (QED) is 0.775. The maximum atomic E-state index is 12.0. The molecule has 1 N–H and O–H groups in total. The molecule has 1 aromatic carbocycles. The summed E-state index contributed by atoms with van der Waals surface area (Å²) in [7, 11) is 1.52. The van der Waals surface area contributed by atoms with Gasteiger partial charge in [-0.15, -0.1) is 0 Å². The van der Waals surface area contributed by atoms with Crippen LogP contribution < -0.4 is 5.32 Å². The average molecular weight is 395 g/mol. The van der Waals surface area contributed by atoms with Crippen LogP contribution in [0.2, 0.25) is 0 Å². The summed E-state index contributed by atoms with van der Waals surface area (Å²) in [4.78, 5) is 12.0. The third kappa shape index (κ3) is 4.97. The van der Waals surface area contributed by atoms with E-state index in [0.717, 1.165) is 12.8 Å². The van der Waals surface area contributed by atoms with Crippen LogP contribution in [0, 0.1) is 5.92 Å². The highest BCUT2D eigenvalue weighted by Gasteiger charge is 2.18. The van der Waals surface area contributed by atoms with E-state index in [0.29, 0.717) is 22.5 Å². The molecule has 1 aromatic rings. The van der Waals surface area contributed by atoms with Crippen molar-refractivity contribution in [3.8, 4) is 0 Å². The first kappa shape index (κ1) is 16.8. The molecule has 0 unspecified atom stereocenters. The fraction of sp³-hybridized carbons (Fsp3) is 0.500. The van der Waals surface area contributed by atoms with Crippen LogP contribution >= 0.6 is 26.6 Å². The van der Waals surface area contributed by atoms with Gasteiger partial charge in [0.2, 0.25) is 5.91 Å². The van der Waals surface area contributed by atoms with E-state index in [1.165, 1.54) is 37.5 Å². The lowest BCUT2D eigenvalue weighted by molar-refractivity contribution is -0.117. The lowest BCUT2D eigenvalue weighted by Crippen LogP contribution is -2.18. The van der Waals surface area contributed by atoms with Crippen LogP contribution in [0.15, 0.2) is 27.6 Å². The fourth-order valence-electron chi connectivity index (χ4n) is 2.60. The van der Waals surface area contributed by atoms with Gasteiger partial charge in [-0.05, 0) is 52.9 Å². The topological polar surface area (TPSA) is 63.2 Å². The van der Waals surface area contributed by atoms with Gasteiger partial charge in [0.15, 0.2) is 0 Å². The number of rotatable bonds is 4. The van der Waals surface area contributed by atoms with E-state index in [1.807, 2.05) is 0 Å². The zero-order chi connectivity index (χ0) is 15.5. The second kappa shape index (κ2) is 7.11. The average Bonchev–Trinajstić information content (AvgIpc) is 2.41. The highest BCUT2D eigenvalue weighted by atomic mass is 79.9. The van der Waals surface area contributed by atoms with Crippen molar-refractivity contribution in [2.45, 2.75) is 43.4 Å². The molecule has 0 aliphatic heterocycles. The molecule has 0 saturated heterocycles. The molecule has 1 aliphatic carbocycles. The number of hydrogen-bond donors (Lipinski definition) is 1. The van der Waals surface area contributed by atoms with Crippen molar-refractivity contribution >= 4 is 47.3 Å². The summed E-state index contributed by atoms with van der Waals surface area (Å²) in [5.41, 5.74) is 0.555. The van der Waals surface area contributed by atoms with E-state index in [1.54, 1.807) is 0 Å². The molecule has 0 aromatic heterocycles.